The number of esters is 2. The van der Waals surface area contributed by atoms with Gasteiger partial charge < -0.3 is 14.2 Å². The molecule has 0 aliphatic carbocycles. The lowest BCUT2D eigenvalue weighted by atomic mass is 9.97. The van der Waals surface area contributed by atoms with Crippen LogP contribution in [0.4, 0.5) is 0 Å². The number of carbonyl (C=O) groups is 2. The van der Waals surface area contributed by atoms with Crippen LogP contribution < -0.4 is 0 Å². The number of benzene rings is 2. The standard InChI is InChI=1S/C61H16O4.C9H12.C5H10O.3CH4/c1-5-7-9-11-13-15-17-19-21-23-25-27-29-31-33-35-37-39-41-43-45-47-49-51-64-60(62)58-53-57(56(3)4)54-59(55-58)61(63)65-52-50-48-46-44-42-40-38-36-34-32-30-28-26-24-22-20-18-16-14-12-10-8-6-2;1-8(2)9-6-4-3-5-7-9;1-3-5-6-4-2;;;/h1-2,53-56H,51-52H2,3-4H3;3-8H,1-2H3;3,5H,4H2,1-2H3;3*1H4. The average Bonchev–Trinajstić information content (AvgIpc) is 3.47. The molecule has 5 nitrogen and oxygen atoms in total. The van der Waals surface area contributed by atoms with E-state index >= 15 is 0 Å². The molecular formula is C78H50O5. The summed E-state index contributed by atoms with van der Waals surface area (Å²) in [5.74, 6) is 113. The van der Waals surface area contributed by atoms with Gasteiger partial charge in [-0.25, -0.2) is 9.59 Å². The summed E-state index contributed by atoms with van der Waals surface area (Å²) in [6, 6.07) is 15.1. The lowest BCUT2D eigenvalue weighted by Gasteiger charge is -2.11. The van der Waals surface area contributed by atoms with Gasteiger partial charge in [-0.2, -0.15) is 0 Å². The second kappa shape index (κ2) is 59.2. The summed E-state index contributed by atoms with van der Waals surface area (Å²) >= 11 is 0. The molecule has 0 aromatic heterocycles. The van der Waals surface area contributed by atoms with Crippen LogP contribution in [-0.4, -0.2) is 31.8 Å². The lowest BCUT2D eigenvalue weighted by molar-refractivity contribution is 0.0555. The topological polar surface area (TPSA) is 61.8 Å². The van der Waals surface area contributed by atoms with Crippen molar-refractivity contribution in [2.45, 2.75) is 75.7 Å². The molecular weight excluding hydrogens is 1020 g/mol. The maximum Gasteiger partial charge on any atom is 0.339 e. The Bertz CT molecular complexity index is 3990. The van der Waals surface area contributed by atoms with Crippen molar-refractivity contribution in [2.75, 3.05) is 19.8 Å². The van der Waals surface area contributed by atoms with Crippen molar-refractivity contribution in [1.29, 1.82) is 0 Å². The second-order valence-electron chi connectivity index (χ2n) is 13.5. The molecule has 0 amide bonds. The number of hydrogen-bond acceptors (Lipinski definition) is 5. The first-order chi connectivity index (χ1) is 39.2. The molecule has 0 saturated heterocycles. The Hall–Kier alpha value is -13.6. The molecule has 0 bridgehead atoms. The van der Waals surface area contributed by atoms with Crippen molar-refractivity contribution in [3.63, 3.8) is 0 Å². The fourth-order valence-corrected chi connectivity index (χ4v) is 4.04. The highest BCUT2D eigenvalue weighted by molar-refractivity contribution is 5.96. The van der Waals surface area contributed by atoms with Crippen molar-refractivity contribution in [3.05, 3.63) is 83.1 Å². The smallest absolute Gasteiger partial charge is 0.339 e. The van der Waals surface area contributed by atoms with Gasteiger partial charge in [0.1, 0.15) is 0 Å². The Kier molecular flexibility index (Phi) is 54.2. The molecule has 5 heteroatoms. The molecule has 2 aromatic rings. The summed E-state index contributed by atoms with van der Waals surface area (Å²) < 4.78 is 15.2. The SMILES string of the molecule is C.C.C.C#CC#CC#CC#CC#CC#CC#CC#CC#CC#CC#CC#CCOC(=O)c1cc(C(=O)OCC#CC#CC#CC#CC#CC#CC#CC#CC#CC#CC#CC#C)cc(C(C)C)c1.CC(C)c1ccccc1.CC=COCC. The van der Waals surface area contributed by atoms with Gasteiger partial charge in [0, 0.05) is 71.0 Å². The molecule has 0 unspecified atom stereocenters. The summed E-state index contributed by atoms with van der Waals surface area (Å²) in [5.41, 5.74) is 2.43. The zero-order valence-corrected chi connectivity index (χ0v) is 44.2. The van der Waals surface area contributed by atoms with E-state index in [0.29, 0.717) is 5.92 Å². The number of hydrogen-bond donors (Lipinski definition) is 0. The molecule has 2 aromatic carbocycles. The van der Waals surface area contributed by atoms with E-state index in [4.69, 9.17) is 27.1 Å². The fraction of sp³-hybridized carbons (Fsp3) is 0.179. The molecule has 0 heterocycles. The summed E-state index contributed by atoms with van der Waals surface area (Å²) in [5, 5.41) is 0. The van der Waals surface area contributed by atoms with Gasteiger partial charge in [-0.3, -0.25) is 0 Å². The Morgan fingerprint density at radius 2 is 0.651 bits per heavy atom. The number of terminal acetylenes is 2. The van der Waals surface area contributed by atoms with Crippen molar-refractivity contribution in [3.8, 4) is 285 Å². The number of allylic oxidation sites excluding steroid dienone is 1. The van der Waals surface area contributed by atoms with Crippen LogP contribution in [0.15, 0.2) is 60.9 Å². The minimum Gasteiger partial charge on any atom is -0.502 e. The van der Waals surface area contributed by atoms with E-state index in [9.17, 15) is 9.59 Å². The summed E-state index contributed by atoms with van der Waals surface area (Å²) in [6.45, 7) is 12.4. The minimum absolute atomic E-state index is 0. The first-order valence-corrected chi connectivity index (χ1v) is 22.8. The molecule has 0 aliphatic heterocycles. The van der Waals surface area contributed by atoms with Gasteiger partial charge in [-0.15, -0.1) is 12.8 Å². The monoisotopic (exact) mass is 1070 g/mol. The normalized spacial score (nSPS) is 6.34. The summed E-state index contributed by atoms with van der Waals surface area (Å²) in [4.78, 5) is 25.5. The lowest BCUT2D eigenvalue weighted by Crippen LogP contribution is -2.11. The van der Waals surface area contributed by atoms with E-state index in [1.807, 2.05) is 39.8 Å². The average molecular weight is 1070 g/mol. The van der Waals surface area contributed by atoms with Crippen LogP contribution in [0.5, 0.6) is 0 Å². The van der Waals surface area contributed by atoms with E-state index in [1.165, 1.54) is 11.6 Å². The third kappa shape index (κ3) is 50.3. The second-order valence-corrected chi connectivity index (χ2v) is 13.5. The van der Waals surface area contributed by atoms with Gasteiger partial charge in [0.25, 0.3) is 0 Å². The summed E-state index contributed by atoms with van der Waals surface area (Å²) in [6.07, 6.45) is 13.5. The third-order valence-corrected chi connectivity index (χ3v) is 7.33. The van der Waals surface area contributed by atoms with Gasteiger partial charge in [-0.05, 0) is 256 Å². The van der Waals surface area contributed by atoms with Gasteiger partial charge in [0.05, 0.1) is 24.0 Å². The maximum absolute atomic E-state index is 12.7. The van der Waals surface area contributed by atoms with Crippen molar-refractivity contribution < 1.29 is 23.8 Å². The predicted octanol–water partition coefficient (Wildman–Crippen LogP) is 8.74. The highest BCUT2D eigenvalue weighted by atomic mass is 16.5. The number of carbonyl (C=O) groups excluding carboxylic acids is 2. The highest BCUT2D eigenvalue weighted by Gasteiger charge is 2.16. The van der Waals surface area contributed by atoms with Crippen LogP contribution in [-0.2, 0) is 14.2 Å². The first kappa shape index (κ1) is 75.9. The van der Waals surface area contributed by atoms with Crippen LogP contribution in [0.2, 0.25) is 0 Å². The fourth-order valence-electron chi connectivity index (χ4n) is 4.04. The molecule has 0 spiro atoms. The van der Waals surface area contributed by atoms with E-state index < -0.39 is 11.9 Å². The molecule has 0 radical (unpaired) electrons. The predicted molar refractivity (Wildman–Crippen MR) is 337 cm³/mol. The molecule has 0 aliphatic rings. The Morgan fingerprint density at radius 3 is 0.855 bits per heavy atom. The molecule has 0 atom stereocenters. The van der Waals surface area contributed by atoms with E-state index in [0.717, 1.165) is 12.2 Å². The Balaban J connectivity index is -0.00000150. The number of ether oxygens (including phenoxy) is 3. The zero-order chi connectivity index (χ0) is 58.5. The molecule has 0 saturated carbocycles. The van der Waals surface area contributed by atoms with Crippen LogP contribution in [0.1, 0.15) is 108 Å². The van der Waals surface area contributed by atoms with Crippen LogP contribution in [0.25, 0.3) is 0 Å². The summed E-state index contributed by atoms with van der Waals surface area (Å²) in [7, 11) is 0. The Labute approximate surface area is 497 Å². The van der Waals surface area contributed by atoms with Crippen molar-refractivity contribution >= 4 is 11.9 Å². The van der Waals surface area contributed by atoms with Crippen LogP contribution in [0, 0.1) is 285 Å². The Morgan fingerprint density at radius 1 is 0.398 bits per heavy atom. The van der Waals surface area contributed by atoms with Crippen molar-refractivity contribution in [1.82, 2.24) is 0 Å². The molecule has 392 valence electrons. The number of rotatable bonds is 8. The van der Waals surface area contributed by atoms with Gasteiger partial charge in [-0.1, -0.05) is 86.4 Å². The third-order valence-electron chi connectivity index (χ3n) is 7.33. The zero-order valence-electron chi connectivity index (χ0n) is 44.2. The first-order valence-electron chi connectivity index (χ1n) is 22.8. The largest absolute Gasteiger partial charge is 0.502 e. The molecule has 0 N–H and O–H groups in total. The van der Waals surface area contributed by atoms with Crippen molar-refractivity contribution in [2.24, 2.45) is 0 Å². The van der Waals surface area contributed by atoms with Gasteiger partial charge >= 0.3 is 11.9 Å². The maximum atomic E-state index is 12.7. The van der Waals surface area contributed by atoms with Gasteiger partial charge in [0.15, 0.2) is 13.2 Å². The molecule has 2 rings (SSSR count). The van der Waals surface area contributed by atoms with Crippen LogP contribution in [0.3, 0.4) is 0 Å². The van der Waals surface area contributed by atoms with E-state index in [1.54, 1.807) is 18.4 Å². The quantitative estimate of drug-likeness (QED) is 0.151. The van der Waals surface area contributed by atoms with Gasteiger partial charge in [0.2, 0.25) is 0 Å². The highest BCUT2D eigenvalue weighted by Crippen LogP contribution is 2.20. The van der Waals surface area contributed by atoms with E-state index in [-0.39, 0.29) is 52.5 Å². The molecule has 83 heavy (non-hydrogen) atoms. The molecule has 0 fully saturated rings. The van der Waals surface area contributed by atoms with E-state index in [2.05, 4.69) is 310 Å². The minimum atomic E-state index is -0.689. The van der Waals surface area contributed by atoms with Crippen LogP contribution >= 0.6 is 0 Å².